The molecule has 1 aromatic heterocycles. The Morgan fingerprint density at radius 2 is 1.93 bits per heavy atom. The van der Waals surface area contributed by atoms with Gasteiger partial charge in [0.05, 0.1) is 35.9 Å². The maximum Gasteiger partial charge on any atom is 0.337 e. The van der Waals surface area contributed by atoms with E-state index in [2.05, 4.69) is 5.32 Å². The molecule has 2 saturated carbocycles. The number of ether oxygens (including phenoxy) is 2. The minimum Gasteiger partial charge on any atom is -0.456 e. The van der Waals surface area contributed by atoms with Gasteiger partial charge in [0, 0.05) is 35.0 Å². The molecule has 2 bridgehead atoms. The largest absolute Gasteiger partial charge is 0.456 e. The first-order chi connectivity index (χ1) is 18.6. The lowest BCUT2D eigenvalue weighted by atomic mass is 9.42. The second kappa shape index (κ2) is 9.69. The Labute approximate surface area is 239 Å². The fraction of sp³-hybridized carbons (Fsp3) is 0.733. The molecule has 0 radical (unpaired) electrons. The molecular weight excluding hydrogens is 534 g/mol. The third-order valence-corrected chi connectivity index (χ3v) is 12.1. The predicted molar refractivity (Wildman–Crippen MR) is 148 cm³/mol. The van der Waals surface area contributed by atoms with Gasteiger partial charge in [-0.1, -0.05) is 33.8 Å². The van der Waals surface area contributed by atoms with E-state index in [0.717, 1.165) is 4.88 Å². The van der Waals surface area contributed by atoms with Gasteiger partial charge in [0.1, 0.15) is 17.5 Å². The van der Waals surface area contributed by atoms with Crippen LogP contribution in [0.3, 0.4) is 0 Å². The number of nitrogens with one attached hydrogen (secondary N) is 1. The van der Waals surface area contributed by atoms with Crippen LogP contribution in [0.15, 0.2) is 28.7 Å². The molecule has 5 rings (SSSR count). The summed E-state index contributed by atoms with van der Waals surface area (Å²) in [4.78, 5) is 28.5. The molecule has 4 aliphatic rings. The molecule has 11 atom stereocenters. The lowest BCUT2D eigenvalue weighted by Crippen LogP contribution is -2.78. The molecule has 2 heterocycles. The summed E-state index contributed by atoms with van der Waals surface area (Å²) in [5, 5.41) is 51.7. The fourth-order valence-electron chi connectivity index (χ4n) is 8.88. The minimum atomic E-state index is -1.53. The van der Waals surface area contributed by atoms with Gasteiger partial charge >= 0.3 is 5.97 Å². The summed E-state index contributed by atoms with van der Waals surface area (Å²) in [7, 11) is 1.66. The molecule has 5 N–H and O–H groups in total. The highest BCUT2D eigenvalue weighted by molar-refractivity contribution is 7.10. The Hall–Kier alpha value is -1.66. The molecule has 1 aliphatic heterocycles. The highest BCUT2D eigenvalue weighted by Crippen LogP contribution is 2.65. The van der Waals surface area contributed by atoms with E-state index in [1.54, 1.807) is 20.9 Å². The van der Waals surface area contributed by atoms with Gasteiger partial charge in [0.25, 0.3) is 0 Å². The van der Waals surface area contributed by atoms with E-state index in [1.165, 1.54) is 11.3 Å². The molecule has 222 valence electrons. The van der Waals surface area contributed by atoms with Crippen molar-refractivity contribution in [3.63, 3.8) is 0 Å². The minimum absolute atomic E-state index is 0.0172. The molecule has 9 nitrogen and oxygen atoms in total. The third-order valence-electron chi connectivity index (χ3n) is 11.1. The third kappa shape index (κ3) is 3.80. The molecule has 0 spiro atoms. The van der Waals surface area contributed by atoms with Gasteiger partial charge in [-0.05, 0) is 49.4 Å². The smallest absolute Gasteiger partial charge is 0.337 e. The number of ketones is 1. The zero-order valence-electron chi connectivity index (χ0n) is 24.3. The second-order valence-corrected chi connectivity index (χ2v) is 14.2. The Kier molecular flexibility index (Phi) is 7.22. The number of fused-ring (bicyclic) bond motifs is 5. The average molecular weight is 578 g/mol. The first-order valence-corrected chi connectivity index (χ1v) is 15.0. The molecule has 1 saturated heterocycles. The van der Waals surface area contributed by atoms with Gasteiger partial charge in [-0.2, -0.15) is 0 Å². The summed E-state index contributed by atoms with van der Waals surface area (Å²) in [5.41, 5.74) is -3.81. The van der Waals surface area contributed by atoms with E-state index in [-0.39, 0.29) is 25.2 Å². The molecular formula is C30H43NO8S. The van der Waals surface area contributed by atoms with Crippen molar-refractivity contribution >= 4 is 23.1 Å². The van der Waals surface area contributed by atoms with Crippen LogP contribution >= 0.6 is 11.3 Å². The van der Waals surface area contributed by atoms with Crippen molar-refractivity contribution in [3.05, 3.63) is 33.5 Å². The number of aliphatic hydroxyl groups is 4. The number of rotatable bonds is 5. The predicted octanol–water partition coefficient (Wildman–Crippen LogP) is 2.13. The summed E-state index contributed by atoms with van der Waals surface area (Å²) in [6.45, 7) is 10.9. The molecule has 1 aromatic rings. The van der Waals surface area contributed by atoms with Crippen LogP contribution in [0.25, 0.3) is 0 Å². The highest BCUT2D eigenvalue weighted by Gasteiger charge is 2.73. The van der Waals surface area contributed by atoms with Gasteiger partial charge in [-0.15, -0.1) is 11.3 Å². The van der Waals surface area contributed by atoms with Gasteiger partial charge in [-0.3, -0.25) is 4.79 Å². The van der Waals surface area contributed by atoms with Crippen molar-refractivity contribution in [3.8, 4) is 0 Å². The normalized spacial score (nSPS) is 43.9. The highest BCUT2D eigenvalue weighted by atomic mass is 32.1. The summed E-state index contributed by atoms with van der Waals surface area (Å²) in [6, 6.07) is 3.00. The number of aliphatic hydroxyl groups excluding tert-OH is 2. The summed E-state index contributed by atoms with van der Waals surface area (Å²) < 4.78 is 11.6. The maximum atomic E-state index is 14.4. The number of Topliss-reactive ketones (excluding diaryl/α,β-unsaturated/α-hetero) is 1. The number of likely N-dealkylation sites (N-methyl/N-ethyl adjacent to an activating group) is 1. The van der Waals surface area contributed by atoms with E-state index in [4.69, 9.17) is 9.47 Å². The Morgan fingerprint density at radius 1 is 1.25 bits per heavy atom. The molecule has 0 aromatic carbocycles. The van der Waals surface area contributed by atoms with Crippen LogP contribution in [0, 0.1) is 28.6 Å². The van der Waals surface area contributed by atoms with E-state index >= 15 is 0 Å². The van der Waals surface area contributed by atoms with Crippen LogP contribution in [-0.2, 0) is 19.1 Å². The first-order valence-electron chi connectivity index (χ1n) is 14.2. The average Bonchev–Trinajstić information content (AvgIpc) is 3.42. The van der Waals surface area contributed by atoms with Crippen LogP contribution in [0.2, 0.25) is 0 Å². The molecule has 40 heavy (non-hydrogen) atoms. The topological polar surface area (TPSA) is 146 Å². The Morgan fingerprint density at radius 3 is 2.48 bits per heavy atom. The van der Waals surface area contributed by atoms with Crippen molar-refractivity contribution in [2.75, 3.05) is 13.7 Å². The maximum absolute atomic E-state index is 14.4. The van der Waals surface area contributed by atoms with Crippen molar-refractivity contribution < 1.29 is 39.5 Å². The fourth-order valence-corrected chi connectivity index (χ4v) is 9.74. The second-order valence-electron chi connectivity index (χ2n) is 13.2. The SMILES string of the molecule is CNC(c1cccs1)C(O)C(=O)OC1CC2(O)C(C)C3C4(O)COC4CC(O)[C@@]3(C)C(=O)[C@H](C)C(=C1C)C2(C)C. The number of hydrogen-bond acceptors (Lipinski definition) is 10. The summed E-state index contributed by atoms with van der Waals surface area (Å²) >= 11 is 1.41. The van der Waals surface area contributed by atoms with Crippen molar-refractivity contribution in [2.45, 2.75) is 96.0 Å². The molecule has 9 unspecified atom stereocenters. The van der Waals surface area contributed by atoms with Crippen LogP contribution < -0.4 is 5.32 Å². The van der Waals surface area contributed by atoms with E-state index in [1.807, 2.05) is 45.2 Å². The van der Waals surface area contributed by atoms with Gasteiger partial charge in [-0.25, -0.2) is 4.79 Å². The van der Waals surface area contributed by atoms with Crippen LogP contribution in [-0.4, -0.2) is 81.5 Å². The molecule has 0 amide bonds. The van der Waals surface area contributed by atoms with Gasteiger partial charge < -0.3 is 35.2 Å². The lowest BCUT2D eigenvalue weighted by Gasteiger charge is -2.67. The standard InChI is InChI=1S/C30H43NO8S/c1-14-17(39-26(35)23(33)22(31-7)18-9-8-10-40-18)12-30(37)16(3)24-28(6,19(32)11-20-29(24,36)13-38-20)25(34)15(2)21(14)27(30,4)5/h8-10,15-17,19-20,22-24,31-33,36-37H,11-13H2,1-7H3/t15-,16?,17?,19?,20?,22?,23?,24?,28-,29?,30?/m1/s1. The summed E-state index contributed by atoms with van der Waals surface area (Å²) in [6.07, 6.45) is -3.90. The lowest BCUT2D eigenvalue weighted by molar-refractivity contribution is -0.335. The van der Waals surface area contributed by atoms with Crippen LogP contribution in [0.5, 0.6) is 0 Å². The monoisotopic (exact) mass is 577 g/mol. The molecule has 3 aliphatic carbocycles. The first kappa shape index (κ1) is 29.8. The van der Waals surface area contributed by atoms with E-state index < -0.39 is 76.2 Å². The van der Waals surface area contributed by atoms with Gasteiger partial charge in [0.2, 0.25) is 0 Å². The van der Waals surface area contributed by atoms with Crippen molar-refractivity contribution in [1.29, 1.82) is 0 Å². The number of hydrogen-bond donors (Lipinski definition) is 5. The van der Waals surface area contributed by atoms with E-state index in [0.29, 0.717) is 11.1 Å². The zero-order chi connectivity index (χ0) is 29.6. The quantitative estimate of drug-likeness (QED) is 0.262. The molecule has 10 heteroatoms. The van der Waals surface area contributed by atoms with Gasteiger partial charge in [0.15, 0.2) is 6.10 Å². The Bertz CT molecular complexity index is 1210. The van der Waals surface area contributed by atoms with Crippen molar-refractivity contribution in [1.82, 2.24) is 5.32 Å². The van der Waals surface area contributed by atoms with Crippen LogP contribution in [0.4, 0.5) is 0 Å². The van der Waals surface area contributed by atoms with E-state index in [9.17, 15) is 30.0 Å². The van der Waals surface area contributed by atoms with Crippen LogP contribution in [0.1, 0.15) is 65.3 Å². The molecule has 3 fully saturated rings. The zero-order valence-corrected chi connectivity index (χ0v) is 25.1. The number of thiophene rings is 1. The number of carbonyl (C=O) groups is 2. The Balaban J connectivity index is 1.58. The number of esters is 1. The number of carbonyl (C=O) groups excluding carboxylic acids is 2. The summed E-state index contributed by atoms with van der Waals surface area (Å²) in [5.74, 6) is -3.23. The van der Waals surface area contributed by atoms with Crippen molar-refractivity contribution in [2.24, 2.45) is 28.6 Å².